The molecule has 0 aliphatic rings. The van der Waals surface area contributed by atoms with E-state index in [0.29, 0.717) is 12.5 Å². The Morgan fingerprint density at radius 1 is 0.567 bits per heavy atom. The average Bonchev–Trinajstić information content (AvgIpc) is 2.74. The van der Waals surface area contributed by atoms with E-state index in [0.717, 1.165) is 12.8 Å². The summed E-state index contributed by atoms with van der Waals surface area (Å²) in [5.41, 5.74) is 0. The van der Waals surface area contributed by atoms with Crippen LogP contribution in [0, 0.1) is 11.8 Å². The van der Waals surface area contributed by atoms with Crippen LogP contribution in [0.15, 0.2) is 0 Å². The second-order valence-electron chi connectivity index (χ2n) is 9.71. The lowest BCUT2D eigenvalue weighted by Crippen LogP contribution is -2.19. The van der Waals surface area contributed by atoms with Gasteiger partial charge in [0.15, 0.2) is 0 Å². The predicted molar refractivity (Wildman–Crippen MR) is 133 cm³/mol. The first-order valence-electron chi connectivity index (χ1n) is 13.8. The predicted octanol–water partition coefficient (Wildman–Crippen LogP) is 9.64. The Hall–Kier alpha value is -0.530. The molecule has 2 atom stereocenters. The number of unbranched alkanes of at least 4 members (excludes halogenated alkanes) is 14. The van der Waals surface area contributed by atoms with Crippen LogP contribution >= 0.6 is 0 Å². The van der Waals surface area contributed by atoms with Crippen molar-refractivity contribution in [3.8, 4) is 0 Å². The highest BCUT2D eigenvalue weighted by Gasteiger charge is 2.16. The van der Waals surface area contributed by atoms with Crippen molar-refractivity contribution in [1.82, 2.24) is 0 Å². The minimum absolute atomic E-state index is 0.0212. The quantitative estimate of drug-likeness (QED) is 0.120. The molecule has 0 aromatic carbocycles. The van der Waals surface area contributed by atoms with E-state index in [9.17, 15) is 4.79 Å². The highest BCUT2D eigenvalue weighted by atomic mass is 16.5. The van der Waals surface area contributed by atoms with Gasteiger partial charge >= 0.3 is 5.97 Å². The number of esters is 1. The van der Waals surface area contributed by atoms with E-state index in [1.54, 1.807) is 0 Å². The van der Waals surface area contributed by atoms with Crippen LogP contribution < -0.4 is 0 Å². The maximum atomic E-state index is 12.2. The largest absolute Gasteiger partial charge is 0.465 e. The number of carbonyl (C=O) groups is 1. The van der Waals surface area contributed by atoms with Crippen LogP contribution in [0.5, 0.6) is 0 Å². The zero-order valence-corrected chi connectivity index (χ0v) is 21.3. The summed E-state index contributed by atoms with van der Waals surface area (Å²) in [6, 6.07) is 0. The first-order chi connectivity index (χ1) is 14.7. The average molecular weight is 425 g/mol. The van der Waals surface area contributed by atoms with E-state index in [1.165, 1.54) is 116 Å². The second kappa shape index (κ2) is 23.1. The Morgan fingerprint density at radius 3 is 1.37 bits per heavy atom. The molecule has 180 valence electrons. The number of carbonyl (C=O) groups excluding carboxylic acids is 1. The van der Waals surface area contributed by atoms with E-state index < -0.39 is 0 Å². The van der Waals surface area contributed by atoms with Gasteiger partial charge in [-0.25, -0.2) is 0 Å². The summed E-state index contributed by atoms with van der Waals surface area (Å²) in [7, 11) is 0. The third-order valence-electron chi connectivity index (χ3n) is 6.52. The summed E-state index contributed by atoms with van der Waals surface area (Å²) < 4.78 is 5.72. The highest BCUT2D eigenvalue weighted by Crippen LogP contribution is 2.21. The Morgan fingerprint density at radius 2 is 0.967 bits per heavy atom. The molecule has 0 heterocycles. The minimum Gasteiger partial charge on any atom is -0.465 e. The molecule has 0 aliphatic heterocycles. The Balaban J connectivity index is 3.99. The Kier molecular flexibility index (Phi) is 22.7. The zero-order chi connectivity index (χ0) is 22.3. The fourth-order valence-electron chi connectivity index (χ4n) is 4.34. The maximum Gasteiger partial charge on any atom is 0.308 e. The van der Waals surface area contributed by atoms with Gasteiger partial charge in [-0.15, -0.1) is 0 Å². The molecule has 0 fully saturated rings. The van der Waals surface area contributed by atoms with Crippen molar-refractivity contribution in [2.45, 2.75) is 156 Å². The standard InChI is InChI=1S/C28H56O2/c1-5-8-10-12-14-15-16-17-19-21-24-27(23-20-18-13-11-9-6-2)25-30-28(29)26(4)22-7-3/h26-27H,5-25H2,1-4H3. The molecule has 2 heteroatoms. The Bertz CT molecular complexity index is 353. The smallest absolute Gasteiger partial charge is 0.308 e. The van der Waals surface area contributed by atoms with Crippen LogP contribution in [-0.4, -0.2) is 12.6 Å². The molecule has 0 aromatic rings. The van der Waals surface area contributed by atoms with E-state index in [-0.39, 0.29) is 11.9 Å². The fourth-order valence-corrected chi connectivity index (χ4v) is 4.34. The van der Waals surface area contributed by atoms with Crippen LogP contribution in [-0.2, 0) is 9.53 Å². The van der Waals surface area contributed by atoms with Gasteiger partial charge in [-0.05, 0) is 25.2 Å². The molecule has 0 saturated heterocycles. The first kappa shape index (κ1) is 29.5. The second-order valence-corrected chi connectivity index (χ2v) is 9.71. The molecular formula is C28H56O2. The van der Waals surface area contributed by atoms with Crippen molar-refractivity contribution in [3.63, 3.8) is 0 Å². The van der Waals surface area contributed by atoms with Gasteiger partial charge in [-0.2, -0.15) is 0 Å². The molecule has 0 amide bonds. The number of hydrogen-bond acceptors (Lipinski definition) is 2. The SMILES string of the molecule is CCCCCCCCCCCCC(CCCCCCCC)COC(=O)C(C)CCC. The van der Waals surface area contributed by atoms with E-state index >= 15 is 0 Å². The van der Waals surface area contributed by atoms with E-state index in [1.807, 2.05) is 6.92 Å². The molecule has 2 unspecified atom stereocenters. The molecule has 2 nitrogen and oxygen atoms in total. The van der Waals surface area contributed by atoms with Crippen molar-refractivity contribution < 1.29 is 9.53 Å². The van der Waals surface area contributed by atoms with Gasteiger partial charge < -0.3 is 4.74 Å². The zero-order valence-electron chi connectivity index (χ0n) is 21.3. The van der Waals surface area contributed by atoms with Gasteiger partial charge in [0.2, 0.25) is 0 Å². The summed E-state index contributed by atoms with van der Waals surface area (Å²) in [6.45, 7) is 9.36. The van der Waals surface area contributed by atoms with Crippen molar-refractivity contribution >= 4 is 5.97 Å². The van der Waals surface area contributed by atoms with Crippen LogP contribution in [0.3, 0.4) is 0 Å². The third-order valence-corrected chi connectivity index (χ3v) is 6.52. The molecular weight excluding hydrogens is 368 g/mol. The molecule has 0 aromatic heterocycles. The van der Waals surface area contributed by atoms with Crippen molar-refractivity contribution in [2.75, 3.05) is 6.61 Å². The maximum absolute atomic E-state index is 12.2. The van der Waals surface area contributed by atoms with E-state index in [4.69, 9.17) is 4.74 Å². The van der Waals surface area contributed by atoms with Gasteiger partial charge in [0.25, 0.3) is 0 Å². The van der Waals surface area contributed by atoms with Crippen LogP contribution in [0.1, 0.15) is 156 Å². The van der Waals surface area contributed by atoms with Gasteiger partial charge in [-0.3, -0.25) is 4.79 Å². The molecule has 30 heavy (non-hydrogen) atoms. The fraction of sp³-hybridized carbons (Fsp3) is 0.964. The molecule has 0 saturated carbocycles. The van der Waals surface area contributed by atoms with Gasteiger partial charge in [0, 0.05) is 0 Å². The molecule has 0 radical (unpaired) electrons. The lowest BCUT2D eigenvalue weighted by atomic mass is 9.94. The lowest BCUT2D eigenvalue weighted by Gasteiger charge is -2.19. The summed E-state index contributed by atoms with van der Waals surface area (Å²) >= 11 is 0. The lowest BCUT2D eigenvalue weighted by molar-refractivity contribution is -0.149. The van der Waals surface area contributed by atoms with Crippen LogP contribution in [0.4, 0.5) is 0 Å². The first-order valence-corrected chi connectivity index (χ1v) is 13.8. The summed E-state index contributed by atoms with van der Waals surface area (Å²) in [4.78, 5) is 12.2. The number of rotatable bonds is 23. The van der Waals surface area contributed by atoms with Gasteiger partial charge in [0.05, 0.1) is 12.5 Å². The molecule has 0 N–H and O–H groups in total. The normalized spacial score (nSPS) is 13.3. The van der Waals surface area contributed by atoms with Gasteiger partial charge in [-0.1, -0.05) is 137 Å². The molecule has 0 spiro atoms. The summed E-state index contributed by atoms with van der Waals surface area (Å²) in [6.07, 6.45) is 26.4. The van der Waals surface area contributed by atoms with Crippen molar-refractivity contribution in [1.29, 1.82) is 0 Å². The van der Waals surface area contributed by atoms with Crippen LogP contribution in [0.25, 0.3) is 0 Å². The topological polar surface area (TPSA) is 26.3 Å². The van der Waals surface area contributed by atoms with Gasteiger partial charge in [0.1, 0.15) is 0 Å². The highest BCUT2D eigenvalue weighted by molar-refractivity contribution is 5.71. The number of ether oxygens (including phenoxy) is 1. The summed E-state index contributed by atoms with van der Waals surface area (Å²) in [5, 5.41) is 0. The molecule has 0 rings (SSSR count). The van der Waals surface area contributed by atoms with Crippen molar-refractivity contribution in [2.24, 2.45) is 11.8 Å². The van der Waals surface area contributed by atoms with Crippen LogP contribution in [0.2, 0.25) is 0 Å². The monoisotopic (exact) mass is 424 g/mol. The summed E-state index contributed by atoms with van der Waals surface area (Å²) in [5.74, 6) is 0.651. The molecule has 0 aliphatic carbocycles. The minimum atomic E-state index is 0.0212. The van der Waals surface area contributed by atoms with E-state index in [2.05, 4.69) is 20.8 Å². The van der Waals surface area contributed by atoms with Crippen molar-refractivity contribution in [3.05, 3.63) is 0 Å². The molecule has 0 bridgehead atoms. The number of hydrogen-bond donors (Lipinski definition) is 0. The Labute approximate surface area is 190 Å². The third kappa shape index (κ3) is 19.4.